The lowest BCUT2D eigenvalue weighted by Crippen LogP contribution is -1.81. The van der Waals surface area contributed by atoms with Gasteiger partial charge in [0.05, 0.1) is 0 Å². The Morgan fingerprint density at radius 2 is 1.75 bits per heavy atom. The topological polar surface area (TPSA) is 0 Å². The number of aryl methyl sites for hydroxylation is 1. The van der Waals surface area contributed by atoms with Crippen LogP contribution >= 0.6 is 0 Å². The zero-order valence-electron chi connectivity index (χ0n) is 15.6. The molecular weight excluding hydrogens is 288 g/mol. The van der Waals surface area contributed by atoms with Crippen LogP contribution in [0.1, 0.15) is 45.2 Å². The lowest BCUT2D eigenvalue weighted by Gasteiger charge is -1.99. The molecule has 0 saturated carbocycles. The standard InChI is InChI=1S/C24H28/c1-7-19(3)9-12-21(5)22(6)13-16-23(8-2)17-18-24-14-10-20(4)11-15-24/h8-16H,6-7H2,1-5H3/b16-13-,19-9+,21-12+,23-8+. The van der Waals surface area contributed by atoms with Crippen LogP contribution in [0.3, 0.4) is 0 Å². The van der Waals surface area contributed by atoms with Gasteiger partial charge in [-0.25, -0.2) is 0 Å². The van der Waals surface area contributed by atoms with Gasteiger partial charge >= 0.3 is 0 Å². The number of hydrogen-bond donors (Lipinski definition) is 0. The molecule has 0 nitrogen and oxygen atoms in total. The molecular formula is C24H28. The molecule has 0 N–H and O–H groups in total. The molecule has 0 spiro atoms. The minimum Gasteiger partial charge on any atom is -0.0915 e. The fourth-order valence-electron chi connectivity index (χ4n) is 1.81. The van der Waals surface area contributed by atoms with E-state index in [9.17, 15) is 0 Å². The molecule has 0 aromatic heterocycles. The van der Waals surface area contributed by atoms with Crippen LogP contribution in [0.15, 0.2) is 83.5 Å². The van der Waals surface area contributed by atoms with Crippen molar-refractivity contribution in [3.63, 3.8) is 0 Å². The Labute approximate surface area is 148 Å². The first kappa shape index (κ1) is 19.5. The maximum atomic E-state index is 4.13. The molecule has 1 rings (SSSR count). The van der Waals surface area contributed by atoms with Crippen LogP contribution in [0.4, 0.5) is 0 Å². The fourth-order valence-corrected chi connectivity index (χ4v) is 1.81. The molecule has 0 fully saturated rings. The maximum Gasteiger partial charge on any atom is 0.0249 e. The third-order valence-electron chi connectivity index (χ3n) is 3.86. The molecule has 124 valence electrons. The van der Waals surface area contributed by atoms with Crippen LogP contribution in [0.25, 0.3) is 0 Å². The quantitative estimate of drug-likeness (QED) is 0.418. The summed E-state index contributed by atoms with van der Waals surface area (Å²) in [5, 5.41) is 0. The molecule has 1 aromatic carbocycles. The van der Waals surface area contributed by atoms with Crippen molar-refractivity contribution in [1.29, 1.82) is 0 Å². The van der Waals surface area contributed by atoms with E-state index in [0.717, 1.165) is 23.1 Å². The van der Waals surface area contributed by atoms with E-state index in [4.69, 9.17) is 0 Å². The summed E-state index contributed by atoms with van der Waals surface area (Å²) in [7, 11) is 0. The van der Waals surface area contributed by atoms with Gasteiger partial charge in [0.1, 0.15) is 0 Å². The van der Waals surface area contributed by atoms with Gasteiger partial charge in [0, 0.05) is 11.1 Å². The van der Waals surface area contributed by atoms with E-state index in [1.165, 1.54) is 16.7 Å². The summed E-state index contributed by atoms with van der Waals surface area (Å²) in [5.41, 5.74) is 6.81. The second-order valence-corrected chi connectivity index (χ2v) is 5.93. The van der Waals surface area contributed by atoms with Crippen LogP contribution in [0.5, 0.6) is 0 Å². The first-order valence-electron chi connectivity index (χ1n) is 8.42. The van der Waals surface area contributed by atoms with Gasteiger partial charge in [-0.1, -0.05) is 72.9 Å². The predicted octanol–water partition coefficient (Wildman–Crippen LogP) is 6.71. The van der Waals surface area contributed by atoms with Crippen molar-refractivity contribution in [3.8, 4) is 11.8 Å². The van der Waals surface area contributed by atoms with E-state index in [0.29, 0.717) is 0 Å². The van der Waals surface area contributed by atoms with Crippen molar-refractivity contribution in [1.82, 2.24) is 0 Å². The summed E-state index contributed by atoms with van der Waals surface area (Å²) in [6.45, 7) is 14.6. The normalized spacial score (nSPS) is 13.0. The average molecular weight is 316 g/mol. The number of benzene rings is 1. The van der Waals surface area contributed by atoms with Crippen molar-refractivity contribution in [3.05, 3.63) is 94.6 Å². The Bertz CT molecular complexity index is 735. The van der Waals surface area contributed by atoms with Gasteiger partial charge in [-0.2, -0.15) is 0 Å². The number of rotatable bonds is 5. The molecule has 0 aliphatic carbocycles. The van der Waals surface area contributed by atoms with Crippen LogP contribution in [-0.4, -0.2) is 0 Å². The van der Waals surface area contributed by atoms with E-state index < -0.39 is 0 Å². The third kappa shape index (κ3) is 7.16. The zero-order chi connectivity index (χ0) is 17.9. The highest BCUT2D eigenvalue weighted by atomic mass is 14.0. The molecule has 0 heterocycles. The third-order valence-corrected chi connectivity index (χ3v) is 3.86. The zero-order valence-corrected chi connectivity index (χ0v) is 15.6. The second-order valence-electron chi connectivity index (χ2n) is 5.93. The van der Waals surface area contributed by atoms with Crippen molar-refractivity contribution >= 4 is 0 Å². The Hall–Kier alpha value is -2.52. The Kier molecular flexibility index (Phi) is 8.37. The molecule has 0 radical (unpaired) electrons. The summed E-state index contributed by atoms with van der Waals surface area (Å²) in [5.74, 6) is 6.41. The van der Waals surface area contributed by atoms with Gasteiger partial charge in [0.25, 0.3) is 0 Å². The number of hydrogen-bond acceptors (Lipinski definition) is 0. The first-order valence-corrected chi connectivity index (χ1v) is 8.42. The van der Waals surface area contributed by atoms with Crippen molar-refractivity contribution in [2.75, 3.05) is 0 Å². The maximum absolute atomic E-state index is 4.13. The summed E-state index contributed by atoms with van der Waals surface area (Å²) in [4.78, 5) is 0. The largest absolute Gasteiger partial charge is 0.0915 e. The van der Waals surface area contributed by atoms with Gasteiger partial charge in [-0.3, -0.25) is 0 Å². The van der Waals surface area contributed by atoms with Crippen LogP contribution in [0, 0.1) is 18.8 Å². The minimum atomic E-state index is 0.991. The minimum absolute atomic E-state index is 0.991. The first-order chi connectivity index (χ1) is 11.5. The summed E-state index contributed by atoms with van der Waals surface area (Å²) in [6, 6.07) is 8.26. The molecule has 0 amide bonds. The van der Waals surface area contributed by atoms with Gasteiger partial charge in [0.2, 0.25) is 0 Å². The predicted molar refractivity (Wildman–Crippen MR) is 108 cm³/mol. The molecule has 1 aromatic rings. The smallest absolute Gasteiger partial charge is 0.0249 e. The molecule has 0 heteroatoms. The van der Waals surface area contributed by atoms with E-state index in [2.05, 4.69) is 70.4 Å². The molecule has 0 aliphatic rings. The van der Waals surface area contributed by atoms with Gasteiger partial charge in [0.15, 0.2) is 0 Å². The highest BCUT2D eigenvalue weighted by Crippen LogP contribution is 2.11. The molecule has 0 unspecified atom stereocenters. The van der Waals surface area contributed by atoms with E-state index in [1.54, 1.807) is 0 Å². The summed E-state index contributed by atoms with van der Waals surface area (Å²) < 4.78 is 0. The van der Waals surface area contributed by atoms with Crippen molar-refractivity contribution in [2.45, 2.75) is 41.0 Å². The molecule has 0 aliphatic heterocycles. The lowest BCUT2D eigenvalue weighted by atomic mass is 10.1. The average Bonchev–Trinajstić information content (AvgIpc) is 2.60. The van der Waals surface area contributed by atoms with Crippen LogP contribution < -0.4 is 0 Å². The number of allylic oxidation sites excluding steroid dienone is 9. The molecule has 0 saturated heterocycles. The van der Waals surface area contributed by atoms with Gasteiger partial charge in [-0.15, -0.1) is 0 Å². The molecule has 0 bridgehead atoms. The van der Waals surface area contributed by atoms with E-state index in [1.807, 2.05) is 37.3 Å². The molecule has 0 atom stereocenters. The van der Waals surface area contributed by atoms with E-state index >= 15 is 0 Å². The second kappa shape index (κ2) is 10.3. The van der Waals surface area contributed by atoms with Crippen molar-refractivity contribution < 1.29 is 0 Å². The van der Waals surface area contributed by atoms with Crippen molar-refractivity contribution in [2.24, 2.45) is 0 Å². The fraction of sp³-hybridized carbons (Fsp3) is 0.250. The Morgan fingerprint density at radius 3 is 2.33 bits per heavy atom. The van der Waals surface area contributed by atoms with E-state index in [-0.39, 0.29) is 0 Å². The highest BCUT2D eigenvalue weighted by molar-refractivity contribution is 5.48. The van der Waals surface area contributed by atoms with Crippen LogP contribution in [-0.2, 0) is 0 Å². The lowest BCUT2D eigenvalue weighted by molar-refractivity contribution is 1.10. The summed E-state index contributed by atoms with van der Waals surface area (Å²) in [6.07, 6.45) is 11.4. The Balaban J connectivity index is 2.80. The van der Waals surface area contributed by atoms with Crippen LogP contribution in [0.2, 0.25) is 0 Å². The highest BCUT2D eigenvalue weighted by Gasteiger charge is 1.93. The van der Waals surface area contributed by atoms with Gasteiger partial charge in [-0.05, 0) is 63.5 Å². The van der Waals surface area contributed by atoms with Gasteiger partial charge < -0.3 is 0 Å². The Morgan fingerprint density at radius 1 is 1.08 bits per heavy atom. The monoisotopic (exact) mass is 316 g/mol. The summed E-state index contributed by atoms with van der Waals surface area (Å²) >= 11 is 0. The SMILES string of the molecule is C=C(/C=C\C(C#Cc1ccc(C)cc1)=C/C)/C(C)=C/C=C(\C)CC. The molecule has 24 heavy (non-hydrogen) atoms.